The maximum Gasteiger partial charge on any atom is 0.123 e. The highest BCUT2D eigenvalue weighted by atomic mass is 79.9. The van der Waals surface area contributed by atoms with Crippen molar-refractivity contribution in [3.63, 3.8) is 0 Å². The minimum absolute atomic E-state index is 0.172. The van der Waals surface area contributed by atoms with E-state index in [0.29, 0.717) is 16.7 Å². The van der Waals surface area contributed by atoms with E-state index in [1.807, 2.05) is 18.2 Å². The minimum Gasteiger partial charge on any atom is -0.207 e. The second-order valence-corrected chi connectivity index (χ2v) is 5.86. The molecule has 18 heavy (non-hydrogen) atoms. The van der Waals surface area contributed by atoms with Crippen molar-refractivity contribution in [1.82, 2.24) is 0 Å². The Balaban J connectivity index is 1.73. The highest BCUT2D eigenvalue weighted by molar-refractivity contribution is 9.09. The van der Waals surface area contributed by atoms with Crippen LogP contribution in [0.25, 0.3) is 0 Å². The Bertz CT molecular complexity index is 521. The van der Waals surface area contributed by atoms with Crippen LogP contribution in [0, 0.1) is 11.7 Å². The molecule has 0 spiro atoms. The van der Waals surface area contributed by atoms with E-state index in [2.05, 4.69) is 40.2 Å². The van der Waals surface area contributed by atoms with Gasteiger partial charge in [-0.2, -0.15) is 0 Å². The summed E-state index contributed by atoms with van der Waals surface area (Å²) in [7, 11) is 0. The molecular weight excluding hydrogens is 291 g/mol. The second-order valence-electron chi connectivity index (χ2n) is 4.87. The predicted molar refractivity (Wildman–Crippen MR) is 75.4 cm³/mol. The Hall–Kier alpha value is -1.15. The van der Waals surface area contributed by atoms with E-state index in [0.717, 1.165) is 0 Å². The monoisotopic (exact) mass is 304 g/mol. The third-order valence-corrected chi connectivity index (χ3v) is 4.84. The Labute approximate surface area is 115 Å². The fraction of sp³-hybridized carbons (Fsp3) is 0.250. The summed E-state index contributed by atoms with van der Waals surface area (Å²) in [6.45, 7) is 0. The molecule has 2 heteroatoms. The van der Waals surface area contributed by atoms with E-state index in [1.54, 1.807) is 0 Å². The normalized spacial score (nSPS) is 23.7. The summed E-state index contributed by atoms with van der Waals surface area (Å²) in [6.07, 6.45) is 1.21. The van der Waals surface area contributed by atoms with Gasteiger partial charge in [0, 0.05) is 4.83 Å². The molecule has 1 aliphatic rings. The Morgan fingerprint density at radius 3 is 2.33 bits per heavy atom. The van der Waals surface area contributed by atoms with Gasteiger partial charge in [0.05, 0.1) is 0 Å². The smallest absolute Gasteiger partial charge is 0.123 e. The predicted octanol–water partition coefficient (Wildman–Crippen LogP) is 5.07. The molecule has 0 N–H and O–H groups in total. The molecule has 0 nitrogen and oxygen atoms in total. The molecule has 0 bridgehead atoms. The summed E-state index contributed by atoms with van der Waals surface area (Å²) >= 11 is 3.75. The lowest BCUT2D eigenvalue weighted by Gasteiger charge is -2.10. The first-order valence-electron chi connectivity index (χ1n) is 6.20. The Morgan fingerprint density at radius 2 is 1.67 bits per heavy atom. The van der Waals surface area contributed by atoms with Crippen LogP contribution in [0.5, 0.6) is 0 Å². The van der Waals surface area contributed by atoms with Gasteiger partial charge in [0.25, 0.3) is 0 Å². The van der Waals surface area contributed by atoms with Crippen LogP contribution in [0.4, 0.5) is 4.39 Å². The number of halogens is 2. The number of rotatable bonds is 3. The van der Waals surface area contributed by atoms with E-state index < -0.39 is 0 Å². The van der Waals surface area contributed by atoms with Crippen molar-refractivity contribution in [3.8, 4) is 0 Å². The molecule has 0 aromatic heterocycles. The van der Waals surface area contributed by atoms with Crippen LogP contribution < -0.4 is 0 Å². The van der Waals surface area contributed by atoms with Gasteiger partial charge in [-0.25, -0.2) is 4.39 Å². The van der Waals surface area contributed by atoms with Gasteiger partial charge in [0.15, 0.2) is 0 Å². The zero-order valence-electron chi connectivity index (χ0n) is 9.89. The molecule has 0 amide bonds. The molecule has 3 rings (SSSR count). The van der Waals surface area contributed by atoms with Crippen molar-refractivity contribution in [2.45, 2.75) is 17.2 Å². The van der Waals surface area contributed by atoms with Crippen LogP contribution in [0.2, 0.25) is 0 Å². The van der Waals surface area contributed by atoms with Crippen molar-refractivity contribution >= 4 is 15.9 Å². The highest BCUT2D eigenvalue weighted by Crippen LogP contribution is 2.57. The molecule has 0 heterocycles. The van der Waals surface area contributed by atoms with Crippen LogP contribution in [0.3, 0.4) is 0 Å². The molecule has 2 aromatic carbocycles. The van der Waals surface area contributed by atoms with Crippen LogP contribution >= 0.6 is 15.9 Å². The molecule has 92 valence electrons. The quantitative estimate of drug-likeness (QED) is 0.695. The van der Waals surface area contributed by atoms with Gasteiger partial charge in [-0.05, 0) is 41.5 Å². The van der Waals surface area contributed by atoms with Crippen LogP contribution in [0.1, 0.15) is 28.3 Å². The molecule has 1 fully saturated rings. The largest absolute Gasteiger partial charge is 0.207 e. The third-order valence-electron chi connectivity index (χ3n) is 3.63. The summed E-state index contributed by atoms with van der Waals surface area (Å²) in [4.78, 5) is 0.323. The molecule has 3 unspecified atom stereocenters. The fourth-order valence-corrected chi connectivity index (χ4v) is 3.40. The number of benzene rings is 2. The summed E-state index contributed by atoms with van der Waals surface area (Å²) in [5.41, 5.74) is 2.58. The first-order chi connectivity index (χ1) is 8.75. The summed E-state index contributed by atoms with van der Waals surface area (Å²) < 4.78 is 12.9. The van der Waals surface area contributed by atoms with Crippen LogP contribution in [-0.2, 0) is 0 Å². The molecule has 3 atom stereocenters. The maximum atomic E-state index is 12.9. The number of hydrogen-bond donors (Lipinski definition) is 0. The zero-order chi connectivity index (χ0) is 12.5. The fourth-order valence-electron chi connectivity index (χ4n) is 2.52. The van der Waals surface area contributed by atoms with Crippen molar-refractivity contribution in [2.24, 2.45) is 5.92 Å². The average molecular weight is 305 g/mol. The lowest BCUT2D eigenvalue weighted by molar-refractivity contribution is 0.626. The molecule has 1 aliphatic carbocycles. The van der Waals surface area contributed by atoms with E-state index >= 15 is 0 Å². The van der Waals surface area contributed by atoms with Gasteiger partial charge < -0.3 is 0 Å². The van der Waals surface area contributed by atoms with E-state index in [9.17, 15) is 4.39 Å². The van der Waals surface area contributed by atoms with E-state index in [4.69, 9.17) is 0 Å². The summed E-state index contributed by atoms with van der Waals surface area (Å²) in [5, 5.41) is 0. The van der Waals surface area contributed by atoms with Crippen molar-refractivity contribution in [3.05, 3.63) is 71.5 Å². The lowest BCUT2D eigenvalue weighted by atomic mass is 10.0. The van der Waals surface area contributed by atoms with Gasteiger partial charge >= 0.3 is 0 Å². The molecule has 2 aromatic rings. The zero-order valence-corrected chi connectivity index (χ0v) is 11.5. The highest BCUT2D eigenvalue weighted by Gasteiger charge is 2.43. The third kappa shape index (κ3) is 2.35. The molecule has 0 radical (unpaired) electrons. The molecule has 0 saturated heterocycles. The SMILES string of the molecule is Fc1ccc(C(Br)C2CC2c2ccccc2)cc1. The van der Waals surface area contributed by atoms with Crippen molar-refractivity contribution in [2.75, 3.05) is 0 Å². The van der Waals surface area contributed by atoms with Crippen molar-refractivity contribution in [1.29, 1.82) is 0 Å². The average Bonchev–Trinajstić information content (AvgIpc) is 3.20. The molecule has 1 saturated carbocycles. The summed E-state index contributed by atoms with van der Waals surface area (Å²) in [5.74, 6) is 1.09. The van der Waals surface area contributed by atoms with Gasteiger partial charge in [0.1, 0.15) is 5.82 Å². The number of hydrogen-bond acceptors (Lipinski definition) is 0. The van der Waals surface area contributed by atoms with Crippen LogP contribution in [0.15, 0.2) is 54.6 Å². The molecular formula is C16H14BrF. The van der Waals surface area contributed by atoms with Gasteiger partial charge in [-0.3, -0.25) is 0 Å². The topological polar surface area (TPSA) is 0 Å². The second kappa shape index (κ2) is 4.85. The maximum absolute atomic E-state index is 12.9. The first-order valence-corrected chi connectivity index (χ1v) is 7.12. The van der Waals surface area contributed by atoms with Crippen molar-refractivity contribution < 1.29 is 4.39 Å². The Morgan fingerprint density at radius 1 is 1.00 bits per heavy atom. The van der Waals surface area contributed by atoms with E-state index in [-0.39, 0.29) is 5.82 Å². The minimum atomic E-state index is -0.172. The van der Waals surface area contributed by atoms with Gasteiger partial charge in [0.2, 0.25) is 0 Å². The van der Waals surface area contributed by atoms with Gasteiger partial charge in [-0.15, -0.1) is 0 Å². The number of alkyl halides is 1. The van der Waals surface area contributed by atoms with E-state index in [1.165, 1.54) is 29.7 Å². The first kappa shape index (κ1) is 11.9. The Kier molecular flexibility index (Phi) is 3.21. The molecule has 0 aliphatic heterocycles. The van der Waals surface area contributed by atoms with Crippen LogP contribution in [-0.4, -0.2) is 0 Å². The standard InChI is InChI=1S/C16H14BrF/c17-16(12-6-8-13(18)9-7-12)15-10-14(15)11-4-2-1-3-5-11/h1-9,14-16H,10H2. The lowest BCUT2D eigenvalue weighted by Crippen LogP contribution is -1.94. The van der Waals surface area contributed by atoms with Gasteiger partial charge in [-0.1, -0.05) is 58.4 Å². The summed E-state index contributed by atoms with van der Waals surface area (Å²) in [6, 6.07) is 17.4.